The molecule has 1 aromatic carbocycles. The van der Waals surface area contributed by atoms with E-state index in [2.05, 4.69) is 10.1 Å². The van der Waals surface area contributed by atoms with E-state index in [1.165, 1.54) is 7.11 Å². The van der Waals surface area contributed by atoms with Crippen LogP contribution in [0.2, 0.25) is 0 Å². The number of carbonyl (C=O) groups excluding carboxylic acids is 2. The highest BCUT2D eigenvalue weighted by Crippen LogP contribution is 2.20. The van der Waals surface area contributed by atoms with E-state index in [9.17, 15) is 9.59 Å². The van der Waals surface area contributed by atoms with Crippen molar-refractivity contribution < 1.29 is 23.8 Å². The van der Waals surface area contributed by atoms with Crippen molar-refractivity contribution in [2.45, 2.75) is 37.9 Å². The molecule has 2 amide bonds. The molecule has 1 N–H and O–H groups in total. The summed E-state index contributed by atoms with van der Waals surface area (Å²) in [5, 5.41) is 2.58. The molecule has 7 heteroatoms. The number of ether oxygens (including phenoxy) is 3. The Balaban J connectivity index is 1.48. The predicted molar refractivity (Wildman–Crippen MR) is 96.3 cm³/mol. The van der Waals surface area contributed by atoms with Gasteiger partial charge in [0.2, 0.25) is 0 Å². The molecule has 1 unspecified atom stereocenters. The summed E-state index contributed by atoms with van der Waals surface area (Å²) in [4.78, 5) is 25.8. The summed E-state index contributed by atoms with van der Waals surface area (Å²) in [6, 6.07) is 6.89. The number of methoxy groups -OCH3 is 1. The first-order valence-corrected chi connectivity index (χ1v) is 9.13. The number of likely N-dealkylation sites (tertiary alicyclic amines) is 1. The molecule has 0 aliphatic carbocycles. The zero-order chi connectivity index (χ0) is 18.4. The molecule has 7 nitrogen and oxygen atoms in total. The van der Waals surface area contributed by atoms with E-state index in [1.54, 1.807) is 24.3 Å². The van der Waals surface area contributed by atoms with Crippen LogP contribution >= 0.6 is 0 Å². The van der Waals surface area contributed by atoms with Gasteiger partial charge in [0.05, 0.1) is 25.9 Å². The van der Waals surface area contributed by atoms with E-state index in [0.29, 0.717) is 30.9 Å². The second-order valence-corrected chi connectivity index (χ2v) is 6.66. The highest BCUT2D eigenvalue weighted by Gasteiger charge is 2.25. The molecule has 3 rings (SSSR count). The molecule has 1 aromatic rings. The largest absolute Gasteiger partial charge is 0.453 e. The van der Waals surface area contributed by atoms with Gasteiger partial charge in [-0.15, -0.1) is 0 Å². The van der Waals surface area contributed by atoms with Gasteiger partial charge in [0.15, 0.2) is 0 Å². The van der Waals surface area contributed by atoms with Crippen molar-refractivity contribution >= 4 is 17.7 Å². The maximum atomic E-state index is 12.7. The molecule has 26 heavy (non-hydrogen) atoms. The van der Waals surface area contributed by atoms with Crippen LogP contribution in [0.4, 0.5) is 10.5 Å². The summed E-state index contributed by atoms with van der Waals surface area (Å²) in [5.74, 6) is -0.0314. The molecule has 142 valence electrons. The van der Waals surface area contributed by atoms with Gasteiger partial charge in [-0.2, -0.15) is 0 Å². The monoisotopic (exact) mass is 362 g/mol. The lowest BCUT2D eigenvalue weighted by atomic mass is 10.1. The number of amides is 2. The van der Waals surface area contributed by atoms with Crippen LogP contribution in [0.15, 0.2) is 24.3 Å². The zero-order valence-electron chi connectivity index (χ0n) is 15.1. The fraction of sp³-hybridized carbons (Fsp3) is 0.579. The van der Waals surface area contributed by atoms with Crippen molar-refractivity contribution in [3.05, 3.63) is 29.8 Å². The Hall–Kier alpha value is -2.12. The molecule has 0 bridgehead atoms. The molecule has 0 radical (unpaired) electrons. The summed E-state index contributed by atoms with van der Waals surface area (Å²) in [6.07, 6.45) is 3.73. The minimum Gasteiger partial charge on any atom is -0.453 e. The van der Waals surface area contributed by atoms with Crippen molar-refractivity contribution in [3.63, 3.8) is 0 Å². The van der Waals surface area contributed by atoms with Gasteiger partial charge < -0.3 is 19.1 Å². The van der Waals surface area contributed by atoms with Crippen LogP contribution in [-0.2, 0) is 14.2 Å². The van der Waals surface area contributed by atoms with Crippen LogP contribution < -0.4 is 5.32 Å². The van der Waals surface area contributed by atoms with Crippen molar-refractivity contribution in [1.29, 1.82) is 0 Å². The number of carbonyl (C=O) groups is 2. The summed E-state index contributed by atoms with van der Waals surface area (Å²) in [5.41, 5.74) is 1.09. The lowest BCUT2D eigenvalue weighted by molar-refractivity contribution is -0.0395. The first-order valence-electron chi connectivity index (χ1n) is 9.13. The molecule has 1 atom stereocenters. The van der Waals surface area contributed by atoms with Crippen LogP contribution in [0.1, 0.15) is 36.0 Å². The van der Waals surface area contributed by atoms with Gasteiger partial charge in [0, 0.05) is 30.9 Å². The van der Waals surface area contributed by atoms with E-state index in [-0.39, 0.29) is 18.1 Å². The van der Waals surface area contributed by atoms with Gasteiger partial charge in [0.25, 0.3) is 5.91 Å². The van der Waals surface area contributed by atoms with Gasteiger partial charge in [-0.05, 0) is 43.9 Å². The highest BCUT2D eigenvalue weighted by atomic mass is 16.5. The summed E-state index contributed by atoms with van der Waals surface area (Å²) < 4.78 is 16.1. The SMILES string of the molecule is COC(=O)Nc1cccc(C(=O)N2CCC(OCC3CCCO3)CC2)c1. The molecular formula is C19H26N2O5. The normalized spacial score (nSPS) is 20.8. The first-order chi connectivity index (χ1) is 12.7. The number of benzene rings is 1. The van der Waals surface area contributed by atoms with Crippen LogP contribution in [-0.4, -0.2) is 62.5 Å². The Morgan fingerprint density at radius 2 is 2.08 bits per heavy atom. The molecule has 0 saturated carbocycles. The minimum atomic E-state index is -0.557. The van der Waals surface area contributed by atoms with E-state index in [0.717, 1.165) is 32.3 Å². The van der Waals surface area contributed by atoms with E-state index >= 15 is 0 Å². The fourth-order valence-corrected chi connectivity index (χ4v) is 3.33. The molecule has 2 aliphatic heterocycles. The van der Waals surface area contributed by atoms with Gasteiger partial charge in [-0.3, -0.25) is 10.1 Å². The third-order valence-corrected chi connectivity index (χ3v) is 4.81. The molecule has 0 aromatic heterocycles. The van der Waals surface area contributed by atoms with Crippen molar-refractivity contribution in [2.24, 2.45) is 0 Å². The average Bonchev–Trinajstić information content (AvgIpc) is 3.20. The fourth-order valence-electron chi connectivity index (χ4n) is 3.33. The lowest BCUT2D eigenvalue weighted by Gasteiger charge is -2.32. The third kappa shape index (κ3) is 4.95. The molecule has 2 fully saturated rings. The maximum Gasteiger partial charge on any atom is 0.411 e. The Morgan fingerprint density at radius 3 is 2.77 bits per heavy atom. The minimum absolute atomic E-state index is 0.0314. The molecule has 2 aliphatic rings. The van der Waals surface area contributed by atoms with Gasteiger partial charge in [-0.25, -0.2) is 4.79 Å². The van der Waals surface area contributed by atoms with Crippen LogP contribution in [0.3, 0.4) is 0 Å². The van der Waals surface area contributed by atoms with E-state index in [4.69, 9.17) is 9.47 Å². The number of nitrogens with zero attached hydrogens (tertiary/aromatic N) is 1. The lowest BCUT2D eigenvalue weighted by Crippen LogP contribution is -2.41. The Kier molecular flexibility index (Phi) is 6.46. The smallest absolute Gasteiger partial charge is 0.411 e. The van der Waals surface area contributed by atoms with Crippen molar-refractivity contribution in [1.82, 2.24) is 4.90 Å². The number of hydrogen-bond acceptors (Lipinski definition) is 5. The predicted octanol–water partition coefficient (Wildman–Crippen LogP) is 2.67. The zero-order valence-corrected chi connectivity index (χ0v) is 15.1. The Labute approximate surface area is 153 Å². The number of nitrogens with one attached hydrogen (secondary N) is 1. The number of piperidine rings is 1. The van der Waals surface area contributed by atoms with Gasteiger partial charge in [-0.1, -0.05) is 6.07 Å². The van der Waals surface area contributed by atoms with Crippen molar-refractivity contribution in [2.75, 3.05) is 38.7 Å². The van der Waals surface area contributed by atoms with Gasteiger partial charge >= 0.3 is 6.09 Å². The molecule has 2 heterocycles. The standard InChI is InChI=1S/C19H26N2O5/c1-24-19(23)20-15-5-2-4-14(12-15)18(22)21-9-7-16(8-10-21)26-13-17-6-3-11-25-17/h2,4-5,12,16-17H,3,6-11,13H2,1H3,(H,20,23). The second-order valence-electron chi connectivity index (χ2n) is 6.66. The topological polar surface area (TPSA) is 77.1 Å². The summed E-state index contributed by atoms with van der Waals surface area (Å²) >= 11 is 0. The van der Waals surface area contributed by atoms with Crippen molar-refractivity contribution in [3.8, 4) is 0 Å². The van der Waals surface area contributed by atoms with Gasteiger partial charge in [0.1, 0.15) is 0 Å². The molecular weight excluding hydrogens is 336 g/mol. The molecule has 0 spiro atoms. The van der Waals surface area contributed by atoms with E-state index in [1.807, 2.05) is 4.90 Å². The quantitative estimate of drug-likeness (QED) is 0.871. The summed E-state index contributed by atoms with van der Waals surface area (Å²) in [6.45, 7) is 2.83. The average molecular weight is 362 g/mol. The van der Waals surface area contributed by atoms with Crippen LogP contribution in [0.25, 0.3) is 0 Å². The maximum absolute atomic E-state index is 12.7. The van der Waals surface area contributed by atoms with E-state index < -0.39 is 6.09 Å². The van der Waals surface area contributed by atoms with Crippen LogP contribution in [0, 0.1) is 0 Å². The summed E-state index contributed by atoms with van der Waals surface area (Å²) in [7, 11) is 1.30. The number of hydrogen-bond donors (Lipinski definition) is 1. The Morgan fingerprint density at radius 1 is 1.27 bits per heavy atom. The first kappa shape index (κ1) is 18.7. The number of rotatable bonds is 5. The highest BCUT2D eigenvalue weighted by molar-refractivity contribution is 5.96. The van der Waals surface area contributed by atoms with Crippen LogP contribution in [0.5, 0.6) is 0 Å². The Bertz CT molecular complexity index is 622. The second kappa shape index (κ2) is 9.00. The third-order valence-electron chi connectivity index (χ3n) is 4.81. The molecule has 2 saturated heterocycles. The number of anilines is 1.